The molecule has 1 heterocycles. The number of carbonyl (C=O) groups excluding carboxylic acids is 3. The van der Waals surface area contributed by atoms with Crippen LogP contribution in [0.3, 0.4) is 0 Å². The van der Waals surface area contributed by atoms with Gasteiger partial charge in [-0.05, 0) is 30.5 Å². The lowest BCUT2D eigenvalue weighted by molar-refractivity contribution is -0.144. The summed E-state index contributed by atoms with van der Waals surface area (Å²) in [5.74, 6) is -0.563. The van der Waals surface area contributed by atoms with Gasteiger partial charge in [-0.1, -0.05) is 64.5 Å². The zero-order chi connectivity index (χ0) is 19.2. The van der Waals surface area contributed by atoms with Crippen LogP contribution in [0.25, 0.3) is 11.1 Å². The fraction of sp³-hybridized carbons (Fsp3) is 0.286. The quantitative estimate of drug-likeness (QED) is 0.414. The van der Waals surface area contributed by atoms with Gasteiger partial charge < -0.3 is 10.1 Å². The normalized spacial score (nSPS) is 16.1. The number of esters is 1. The van der Waals surface area contributed by atoms with Gasteiger partial charge in [-0.25, -0.2) is 0 Å². The van der Waals surface area contributed by atoms with Crippen molar-refractivity contribution in [1.29, 1.82) is 0 Å². The summed E-state index contributed by atoms with van der Waals surface area (Å²) in [6, 6.07) is 14.2. The van der Waals surface area contributed by atoms with Crippen LogP contribution >= 0.6 is 15.9 Å². The standard InChI is InChI=1S/C21H20BrNO4/c22-12-19(24)16-7-3-14(4-8-16)15-5-9-17(10-6-15)20(25)13-27-21(26)18-2-1-11-23-18/h3-10,18,23H,1-2,11-13H2/t18-/m0/s1. The number of halogens is 1. The predicted octanol–water partition coefficient (Wildman–Crippen LogP) is 3.41. The summed E-state index contributed by atoms with van der Waals surface area (Å²) >= 11 is 3.16. The van der Waals surface area contributed by atoms with Crippen molar-refractivity contribution < 1.29 is 19.1 Å². The van der Waals surface area contributed by atoms with E-state index in [1.807, 2.05) is 24.3 Å². The van der Waals surface area contributed by atoms with Gasteiger partial charge in [0, 0.05) is 11.1 Å². The Hall–Kier alpha value is -2.31. The molecule has 0 radical (unpaired) electrons. The number of carbonyl (C=O) groups is 3. The first kappa shape index (κ1) is 19.5. The third-order valence-electron chi connectivity index (χ3n) is 4.56. The molecule has 27 heavy (non-hydrogen) atoms. The summed E-state index contributed by atoms with van der Waals surface area (Å²) in [5, 5.41) is 3.35. The summed E-state index contributed by atoms with van der Waals surface area (Å²) in [4.78, 5) is 35.7. The number of ether oxygens (including phenoxy) is 1. The van der Waals surface area contributed by atoms with Gasteiger partial charge in [0.15, 0.2) is 18.2 Å². The third-order valence-corrected chi connectivity index (χ3v) is 5.07. The average Bonchev–Trinajstić information content (AvgIpc) is 3.26. The van der Waals surface area contributed by atoms with E-state index < -0.39 is 0 Å². The number of rotatable bonds is 7. The minimum absolute atomic E-state index is 0.0323. The average molecular weight is 430 g/mol. The minimum Gasteiger partial charge on any atom is -0.456 e. The summed E-state index contributed by atoms with van der Waals surface area (Å²) in [6.07, 6.45) is 1.70. The maximum absolute atomic E-state index is 12.2. The highest BCUT2D eigenvalue weighted by Crippen LogP contribution is 2.21. The Bertz CT molecular complexity index is 824. The zero-order valence-electron chi connectivity index (χ0n) is 14.7. The number of alkyl halides is 1. The van der Waals surface area contributed by atoms with E-state index in [2.05, 4.69) is 21.2 Å². The van der Waals surface area contributed by atoms with Gasteiger partial charge in [-0.15, -0.1) is 0 Å². The molecule has 1 fully saturated rings. The van der Waals surface area contributed by atoms with Crippen LogP contribution in [0.2, 0.25) is 0 Å². The van der Waals surface area contributed by atoms with Crippen LogP contribution in [0.4, 0.5) is 0 Å². The smallest absolute Gasteiger partial charge is 0.323 e. The topological polar surface area (TPSA) is 72.5 Å². The Balaban J connectivity index is 1.60. The molecule has 0 saturated carbocycles. The van der Waals surface area contributed by atoms with Gasteiger partial charge in [0.2, 0.25) is 0 Å². The number of hydrogen-bond acceptors (Lipinski definition) is 5. The summed E-state index contributed by atoms with van der Waals surface area (Å²) in [7, 11) is 0. The van der Waals surface area contributed by atoms with E-state index >= 15 is 0 Å². The lowest BCUT2D eigenvalue weighted by Crippen LogP contribution is -2.33. The van der Waals surface area contributed by atoms with Gasteiger partial charge in [0.25, 0.3) is 0 Å². The molecule has 0 aliphatic carbocycles. The Morgan fingerprint density at radius 1 is 0.926 bits per heavy atom. The highest BCUT2D eigenvalue weighted by Gasteiger charge is 2.24. The van der Waals surface area contributed by atoms with Crippen molar-refractivity contribution in [2.75, 3.05) is 18.5 Å². The lowest BCUT2D eigenvalue weighted by atomic mass is 10.0. The van der Waals surface area contributed by atoms with Crippen LogP contribution in [-0.2, 0) is 9.53 Å². The van der Waals surface area contributed by atoms with Crippen molar-refractivity contribution in [1.82, 2.24) is 5.32 Å². The van der Waals surface area contributed by atoms with Crippen molar-refractivity contribution >= 4 is 33.5 Å². The first-order chi connectivity index (χ1) is 13.1. The summed E-state index contributed by atoms with van der Waals surface area (Å²) in [6.45, 7) is 0.556. The minimum atomic E-state index is -0.365. The molecule has 1 aliphatic heterocycles. The second kappa shape index (κ2) is 9.06. The fourth-order valence-corrected chi connectivity index (χ4v) is 3.30. The van der Waals surface area contributed by atoms with E-state index in [0.29, 0.717) is 16.5 Å². The van der Waals surface area contributed by atoms with Crippen LogP contribution in [0.5, 0.6) is 0 Å². The molecule has 2 aromatic rings. The molecule has 1 aliphatic rings. The number of Topliss-reactive ketones (excluding diaryl/α,β-unsaturated/α-hetero) is 2. The molecule has 1 atom stereocenters. The van der Waals surface area contributed by atoms with Crippen LogP contribution in [0, 0.1) is 0 Å². The zero-order valence-corrected chi connectivity index (χ0v) is 16.3. The highest BCUT2D eigenvalue weighted by molar-refractivity contribution is 9.09. The van der Waals surface area contributed by atoms with E-state index in [9.17, 15) is 14.4 Å². The van der Waals surface area contributed by atoms with Crippen molar-refractivity contribution in [2.45, 2.75) is 18.9 Å². The second-order valence-corrected chi connectivity index (χ2v) is 6.95. The second-order valence-electron chi connectivity index (χ2n) is 6.39. The molecule has 0 bridgehead atoms. The maximum atomic E-state index is 12.2. The molecular formula is C21H20BrNO4. The van der Waals surface area contributed by atoms with Gasteiger partial charge in [0.05, 0.1) is 5.33 Å². The summed E-state index contributed by atoms with van der Waals surface area (Å²) < 4.78 is 5.12. The fourth-order valence-electron chi connectivity index (χ4n) is 2.98. The van der Waals surface area contributed by atoms with Crippen LogP contribution in [0.1, 0.15) is 33.6 Å². The van der Waals surface area contributed by atoms with E-state index in [-0.39, 0.29) is 30.2 Å². The summed E-state index contributed by atoms with van der Waals surface area (Å²) in [5.41, 5.74) is 3.05. The highest BCUT2D eigenvalue weighted by atomic mass is 79.9. The first-order valence-electron chi connectivity index (χ1n) is 8.81. The van der Waals surface area contributed by atoms with Crippen molar-refractivity contribution in [3.8, 4) is 11.1 Å². The number of ketones is 2. The molecule has 2 aromatic carbocycles. The molecule has 140 valence electrons. The van der Waals surface area contributed by atoms with Gasteiger partial charge in [0.1, 0.15) is 6.04 Å². The van der Waals surface area contributed by atoms with Crippen molar-refractivity contribution in [2.24, 2.45) is 0 Å². The first-order valence-corrected chi connectivity index (χ1v) is 9.93. The number of nitrogens with one attached hydrogen (secondary N) is 1. The molecule has 0 aromatic heterocycles. The molecule has 6 heteroatoms. The lowest BCUT2D eigenvalue weighted by Gasteiger charge is -2.10. The molecule has 1 saturated heterocycles. The van der Waals surface area contributed by atoms with Gasteiger partial charge in [-0.2, -0.15) is 0 Å². The van der Waals surface area contributed by atoms with E-state index in [1.54, 1.807) is 24.3 Å². The van der Waals surface area contributed by atoms with Gasteiger partial charge >= 0.3 is 5.97 Å². The largest absolute Gasteiger partial charge is 0.456 e. The Morgan fingerprint density at radius 2 is 1.48 bits per heavy atom. The Labute approximate surface area is 166 Å². The molecule has 1 N–H and O–H groups in total. The molecular weight excluding hydrogens is 410 g/mol. The third kappa shape index (κ3) is 4.90. The van der Waals surface area contributed by atoms with Crippen LogP contribution in [-0.4, -0.2) is 42.1 Å². The Kier molecular flexibility index (Phi) is 6.53. The maximum Gasteiger partial charge on any atom is 0.323 e. The van der Waals surface area contributed by atoms with Crippen molar-refractivity contribution in [3.63, 3.8) is 0 Å². The predicted molar refractivity (Wildman–Crippen MR) is 106 cm³/mol. The molecule has 0 amide bonds. The Morgan fingerprint density at radius 3 is 1.96 bits per heavy atom. The molecule has 0 unspecified atom stereocenters. The van der Waals surface area contributed by atoms with E-state index in [4.69, 9.17) is 4.74 Å². The molecule has 5 nitrogen and oxygen atoms in total. The van der Waals surface area contributed by atoms with E-state index in [0.717, 1.165) is 30.5 Å². The monoisotopic (exact) mass is 429 g/mol. The van der Waals surface area contributed by atoms with Gasteiger partial charge in [-0.3, -0.25) is 14.4 Å². The van der Waals surface area contributed by atoms with E-state index in [1.165, 1.54) is 0 Å². The SMILES string of the molecule is O=C(CBr)c1ccc(-c2ccc(C(=O)COC(=O)[C@@H]3CCCN3)cc2)cc1. The van der Waals surface area contributed by atoms with Crippen LogP contribution in [0.15, 0.2) is 48.5 Å². The van der Waals surface area contributed by atoms with Crippen molar-refractivity contribution in [3.05, 3.63) is 59.7 Å². The number of benzene rings is 2. The molecule has 0 spiro atoms. The van der Waals surface area contributed by atoms with Crippen LogP contribution < -0.4 is 5.32 Å². The molecule has 3 rings (SSSR count). The number of hydrogen-bond donors (Lipinski definition) is 1.